The predicted molar refractivity (Wildman–Crippen MR) is 93.3 cm³/mol. The Morgan fingerprint density at radius 3 is 2.45 bits per heavy atom. The van der Waals surface area contributed by atoms with E-state index in [4.69, 9.17) is 11.6 Å². The van der Waals surface area contributed by atoms with Gasteiger partial charge in [-0.1, -0.05) is 41.9 Å². The molecule has 22 heavy (non-hydrogen) atoms. The van der Waals surface area contributed by atoms with Crippen molar-refractivity contribution in [3.05, 3.63) is 70.1 Å². The first-order valence-electron chi connectivity index (χ1n) is 6.70. The lowest BCUT2D eigenvalue weighted by molar-refractivity contribution is -0.121. The quantitative estimate of drug-likeness (QED) is 0.756. The van der Waals surface area contributed by atoms with Gasteiger partial charge in [-0.3, -0.25) is 9.69 Å². The minimum atomic E-state index is -0.0466. The summed E-state index contributed by atoms with van der Waals surface area (Å²) in [5, 5.41) is 1.35. The highest BCUT2D eigenvalue weighted by Crippen LogP contribution is 2.33. The van der Waals surface area contributed by atoms with Crippen LogP contribution in [0.15, 0.2) is 64.5 Å². The highest BCUT2D eigenvalue weighted by molar-refractivity contribution is 8.18. The number of amides is 1. The highest BCUT2D eigenvalue weighted by Gasteiger charge is 2.30. The molecule has 1 amide bonds. The molecule has 1 aliphatic rings. The summed E-state index contributed by atoms with van der Waals surface area (Å²) in [5.74, 6) is -0.0466. The summed E-state index contributed by atoms with van der Waals surface area (Å²) in [7, 11) is 1.74. The van der Waals surface area contributed by atoms with Crippen LogP contribution in [0, 0.1) is 0 Å². The normalized spacial score (nSPS) is 18.5. The van der Waals surface area contributed by atoms with E-state index in [9.17, 15) is 4.79 Å². The third kappa shape index (κ3) is 3.24. The van der Waals surface area contributed by atoms with Crippen molar-refractivity contribution < 1.29 is 4.79 Å². The second-order valence-corrected chi connectivity index (χ2v) is 6.20. The molecule has 0 aliphatic carbocycles. The van der Waals surface area contributed by atoms with Crippen molar-refractivity contribution in [1.82, 2.24) is 4.90 Å². The van der Waals surface area contributed by atoms with E-state index in [2.05, 4.69) is 4.99 Å². The standard InChI is InChI=1S/C17H13ClN2OS/c1-20-16(21)15(11-12-7-9-13(18)10-8-12)22-17(20)19-14-5-3-2-4-6-14/h2-11H,1H3/b15-11+,19-17?. The number of aliphatic imine (C=N–C) groups is 1. The lowest BCUT2D eigenvalue weighted by Gasteiger charge is -2.06. The van der Waals surface area contributed by atoms with Gasteiger partial charge in [0.2, 0.25) is 0 Å². The first kappa shape index (κ1) is 14.9. The highest BCUT2D eigenvalue weighted by atomic mass is 35.5. The number of benzene rings is 2. The van der Waals surface area contributed by atoms with Crippen LogP contribution in [0.4, 0.5) is 5.69 Å². The molecule has 1 saturated heterocycles. The van der Waals surface area contributed by atoms with Crippen LogP contribution in [0.25, 0.3) is 6.08 Å². The van der Waals surface area contributed by atoms with Crippen LogP contribution in [-0.2, 0) is 4.79 Å². The molecule has 0 bridgehead atoms. The van der Waals surface area contributed by atoms with Crippen LogP contribution in [-0.4, -0.2) is 23.0 Å². The summed E-state index contributed by atoms with van der Waals surface area (Å²) in [6.07, 6.45) is 1.85. The zero-order valence-corrected chi connectivity index (χ0v) is 13.4. The fourth-order valence-electron chi connectivity index (χ4n) is 1.97. The lowest BCUT2D eigenvalue weighted by Crippen LogP contribution is -2.23. The predicted octanol–water partition coefficient (Wildman–Crippen LogP) is 4.57. The SMILES string of the molecule is CN1C(=O)/C(=C\c2ccc(Cl)cc2)SC1=Nc1ccccc1. The number of para-hydroxylation sites is 1. The lowest BCUT2D eigenvalue weighted by atomic mass is 10.2. The Morgan fingerprint density at radius 1 is 1.09 bits per heavy atom. The Kier molecular flexibility index (Phi) is 4.32. The first-order chi connectivity index (χ1) is 10.6. The van der Waals surface area contributed by atoms with E-state index >= 15 is 0 Å². The zero-order valence-electron chi connectivity index (χ0n) is 11.9. The van der Waals surface area contributed by atoms with Crippen molar-refractivity contribution in [2.75, 3.05) is 7.05 Å². The molecule has 3 rings (SSSR count). The van der Waals surface area contributed by atoms with Gasteiger partial charge in [0.25, 0.3) is 5.91 Å². The zero-order chi connectivity index (χ0) is 15.5. The van der Waals surface area contributed by atoms with Crippen LogP contribution in [0.1, 0.15) is 5.56 Å². The molecule has 0 radical (unpaired) electrons. The number of halogens is 1. The van der Waals surface area contributed by atoms with E-state index in [0.29, 0.717) is 15.1 Å². The molecule has 5 heteroatoms. The molecular formula is C17H13ClN2OS. The molecule has 2 aromatic carbocycles. The topological polar surface area (TPSA) is 32.7 Å². The Labute approximate surface area is 138 Å². The first-order valence-corrected chi connectivity index (χ1v) is 7.90. The summed E-state index contributed by atoms with van der Waals surface area (Å²) in [6.45, 7) is 0. The molecule has 1 fully saturated rings. The molecule has 1 heterocycles. The molecule has 0 N–H and O–H groups in total. The summed E-state index contributed by atoms with van der Waals surface area (Å²) in [5.41, 5.74) is 1.77. The van der Waals surface area contributed by atoms with Crippen molar-refractivity contribution in [1.29, 1.82) is 0 Å². The molecule has 3 nitrogen and oxygen atoms in total. The van der Waals surface area contributed by atoms with Crippen molar-refractivity contribution in [2.45, 2.75) is 0 Å². The summed E-state index contributed by atoms with van der Waals surface area (Å²) in [6, 6.07) is 17.0. The third-order valence-electron chi connectivity index (χ3n) is 3.15. The third-order valence-corrected chi connectivity index (χ3v) is 4.46. The van der Waals surface area contributed by atoms with Gasteiger partial charge in [0.1, 0.15) is 0 Å². The van der Waals surface area contributed by atoms with Crippen molar-refractivity contribution in [2.24, 2.45) is 4.99 Å². The van der Waals surface area contributed by atoms with Crippen LogP contribution in [0.3, 0.4) is 0 Å². The van der Waals surface area contributed by atoms with Gasteiger partial charge in [0.15, 0.2) is 5.17 Å². The van der Waals surface area contributed by atoms with E-state index in [0.717, 1.165) is 11.3 Å². The monoisotopic (exact) mass is 328 g/mol. The minimum absolute atomic E-state index is 0.0466. The molecule has 0 saturated carbocycles. The average molecular weight is 329 g/mol. The molecular weight excluding hydrogens is 316 g/mol. The van der Waals surface area contributed by atoms with E-state index in [1.54, 1.807) is 24.1 Å². The van der Waals surface area contributed by atoms with E-state index < -0.39 is 0 Å². The number of amidine groups is 1. The summed E-state index contributed by atoms with van der Waals surface area (Å²) in [4.78, 5) is 19.0. The van der Waals surface area contributed by atoms with Gasteiger partial charge in [0, 0.05) is 12.1 Å². The fraction of sp³-hybridized carbons (Fsp3) is 0.0588. The number of hydrogen-bond donors (Lipinski definition) is 0. The average Bonchev–Trinajstić information content (AvgIpc) is 2.79. The van der Waals surface area contributed by atoms with Gasteiger partial charge in [-0.05, 0) is 47.7 Å². The van der Waals surface area contributed by atoms with Gasteiger partial charge >= 0.3 is 0 Å². The van der Waals surface area contributed by atoms with Crippen LogP contribution in [0.5, 0.6) is 0 Å². The molecule has 0 unspecified atom stereocenters. The Hall–Kier alpha value is -2.04. The van der Waals surface area contributed by atoms with Crippen molar-refractivity contribution in [3.8, 4) is 0 Å². The number of rotatable bonds is 2. The number of thioether (sulfide) groups is 1. The molecule has 2 aromatic rings. The number of nitrogens with zero attached hydrogens (tertiary/aromatic N) is 2. The maximum absolute atomic E-state index is 12.3. The number of likely N-dealkylation sites (N-methyl/N-ethyl adjacent to an activating group) is 1. The minimum Gasteiger partial charge on any atom is -0.290 e. The fourth-order valence-corrected chi connectivity index (χ4v) is 3.09. The maximum atomic E-state index is 12.3. The smallest absolute Gasteiger partial charge is 0.266 e. The van der Waals surface area contributed by atoms with E-state index in [1.165, 1.54) is 11.8 Å². The van der Waals surface area contributed by atoms with Gasteiger partial charge < -0.3 is 0 Å². The Morgan fingerprint density at radius 2 is 1.77 bits per heavy atom. The van der Waals surface area contributed by atoms with Crippen molar-refractivity contribution in [3.63, 3.8) is 0 Å². The number of carbonyl (C=O) groups is 1. The number of carbonyl (C=O) groups excluding carboxylic acids is 1. The van der Waals surface area contributed by atoms with Gasteiger partial charge in [-0.25, -0.2) is 4.99 Å². The van der Waals surface area contributed by atoms with Gasteiger partial charge in [-0.15, -0.1) is 0 Å². The number of hydrogen-bond acceptors (Lipinski definition) is 3. The van der Waals surface area contributed by atoms with Gasteiger partial charge in [0.05, 0.1) is 10.6 Å². The van der Waals surface area contributed by atoms with Crippen LogP contribution >= 0.6 is 23.4 Å². The molecule has 0 aromatic heterocycles. The summed E-state index contributed by atoms with van der Waals surface area (Å²) >= 11 is 7.25. The van der Waals surface area contributed by atoms with Crippen LogP contribution in [0.2, 0.25) is 5.02 Å². The maximum Gasteiger partial charge on any atom is 0.266 e. The Balaban J connectivity index is 1.88. The molecule has 0 spiro atoms. The Bertz CT molecular complexity index is 754. The second-order valence-electron chi connectivity index (χ2n) is 4.76. The van der Waals surface area contributed by atoms with E-state index in [-0.39, 0.29) is 5.91 Å². The van der Waals surface area contributed by atoms with Gasteiger partial charge in [-0.2, -0.15) is 0 Å². The van der Waals surface area contributed by atoms with Crippen molar-refractivity contribution >= 4 is 46.2 Å². The van der Waals surface area contributed by atoms with Crippen LogP contribution < -0.4 is 0 Å². The molecule has 1 aliphatic heterocycles. The summed E-state index contributed by atoms with van der Waals surface area (Å²) < 4.78 is 0. The molecule has 110 valence electrons. The molecule has 0 atom stereocenters. The van der Waals surface area contributed by atoms with E-state index in [1.807, 2.05) is 48.5 Å². The second kappa shape index (κ2) is 6.38. The largest absolute Gasteiger partial charge is 0.290 e.